The van der Waals surface area contributed by atoms with Crippen molar-refractivity contribution in [1.29, 1.82) is 0 Å². The van der Waals surface area contributed by atoms with Crippen molar-refractivity contribution < 1.29 is 22.7 Å². The molecule has 0 aromatic heterocycles. The second-order valence-electron chi connectivity index (χ2n) is 9.72. The Morgan fingerprint density at radius 3 is 2.22 bits per heavy atom. The van der Waals surface area contributed by atoms with E-state index < -0.39 is 28.5 Å². The quantitative estimate of drug-likeness (QED) is 0.279. The van der Waals surface area contributed by atoms with Crippen molar-refractivity contribution in [2.45, 2.75) is 45.3 Å². The number of benzene rings is 3. The Labute approximate surface area is 252 Å². The Bertz CT molecular complexity index is 1450. The number of rotatable bonds is 13. The zero-order chi connectivity index (χ0) is 30.2. The number of methoxy groups -OCH3 is 1. The summed E-state index contributed by atoms with van der Waals surface area (Å²) in [5.74, 6) is -0.565. The van der Waals surface area contributed by atoms with Gasteiger partial charge in [-0.05, 0) is 48.7 Å². The maximum absolute atomic E-state index is 14.1. The predicted octanol–water partition coefficient (Wildman–Crippen LogP) is 5.32. The van der Waals surface area contributed by atoms with Gasteiger partial charge in [-0.2, -0.15) is 0 Å². The summed E-state index contributed by atoms with van der Waals surface area (Å²) in [6.45, 7) is 3.27. The van der Waals surface area contributed by atoms with Gasteiger partial charge in [0.1, 0.15) is 18.3 Å². The number of amides is 2. The minimum atomic E-state index is -3.93. The fraction of sp³-hybridized carbons (Fsp3) is 0.333. The third-order valence-corrected chi connectivity index (χ3v) is 8.48. The van der Waals surface area contributed by atoms with Gasteiger partial charge < -0.3 is 15.0 Å². The zero-order valence-corrected chi connectivity index (χ0v) is 25.8. The number of ether oxygens (including phenoxy) is 1. The maximum atomic E-state index is 14.1. The van der Waals surface area contributed by atoms with Crippen LogP contribution in [0.2, 0.25) is 10.0 Å². The molecule has 0 saturated carbocycles. The van der Waals surface area contributed by atoms with E-state index in [1.165, 1.54) is 30.2 Å². The van der Waals surface area contributed by atoms with Crippen LogP contribution in [0.3, 0.4) is 0 Å². The summed E-state index contributed by atoms with van der Waals surface area (Å²) in [6, 6.07) is 19.8. The first-order chi connectivity index (χ1) is 19.4. The number of hydrogen-bond acceptors (Lipinski definition) is 5. The standard InChI is InChI=1S/C30H35Cl2N3O5S/c1-5-21(2)33-30(37)27(17-22-11-7-6-8-12-22)34(19-23-13-9-10-14-25(23)31)29(36)20-35(41(4,38)39)24-15-16-28(40-3)26(32)18-24/h6-16,18,21,27H,5,17,19-20H2,1-4H3,(H,33,37)/t21-,27+/m0/s1. The van der Waals surface area contributed by atoms with E-state index >= 15 is 0 Å². The zero-order valence-electron chi connectivity index (χ0n) is 23.5. The number of nitrogens with zero attached hydrogens (tertiary/aromatic N) is 2. The highest BCUT2D eigenvalue weighted by Crippen LogP contribution is 2.30. The summed E-state index contributed by atoms with van der Waals surface area (Å²) in [5, 5.41) is 3.60. The Kier molecular flexibility index (Phi) is 11.5. The van der Waals surface area contributed by atoms with Gasteiger partial charge in [-0.1, -0.05) is 78.7 Å². The van der Waals surface area contributed by atoms with Crippen LogP contribution in [0.4, 0.5) is 5.69 Å². The molecular formula is C30H35Cl2N3O5S. The molecule has 0 radical (unpaired) electrons. The van der Waals surface area contributed by atoms with Crippen LogP contribution in [-0.4, -0.2) is 57.1 Å². The summed E-state index contributed by atoms with van der Waals surface area (Å²) < 4.78 is 32.0. The van der Waals surface area contributed by atoms with Gasteiger partial charge in [0, 0.05) is 24.0 Å². The maximum Gasteiger partial charge on any atom is 0.244 e. The van der Waals surface area contributed by atoms with Gasteiger partial charge in [0.05, 0.1) is 24.1 Å². The molecular weight excluding hydrogens is 585 g/mol. The molecule has 11 heteroatoms. The van der Waals surface area contributed by atoms with Crippen LogP contribution in [-0.2, 0) is 32.6 Å². The first kappa shape index (κ1) is 32.2. The lowest BCUT2D eigenvalue weighted by Gasteiger charge is -2.34. The van der Waals surface area contributed by atoms with Crippen molar-refractivity contribution in [1.82, 2.24) is 10.2 Å². The van der Waals surface area contributed by atoms with Crippen LogP contribution >= 0.6 is 23.2 Å². The largest absolute Gasteiger partial charge is 0.495 e. The second kappa shape index (κ2) is 14.6. The van der Waals surface area contributed by atoms with Gasteiger partial charge in [-0.15, -0.1) is 0 Å². The molecule has 0 aliphatic rings. The molecule has 3 aromatic rings. The highest BCUT2D eigenvalue weighted by molar-refractivity contribution is 7.92. The van der Waals surface area contributed by atoms with Crippen molar-refractivity contribution >= 4 is 50.7 Å². The number of anilines is 1. The summed E-state index contributed by atoms with van der Waals surface area (Å²) in [5.41, 5.74) is 1.65. The Morgan fingerprint density at radius 2 is 1.63 bits per heavy atom. The molecule has 0 aliphatic heterocycles. The minimum Gasteiger partial charge on any atom is -0.495 e. The molecule has 0 spiro atoms. The van der Waals surface area contributed by atoms with Crippen LogP contribution in [0.15, 0.2) is 72.8 Å². The van der Waals surface area contributed by atoms with E-state index in [1.807, 2.05) is 44.2 Å². The summed E-state index contributed by atoms with van der Waals surface area (Å²) in [7, 11) is -2.48. The number of nitrogens with one attached hydrogen (secondary N) is 1. The molecule has 0 unspecified atom stereocenters. The van der Waals surface area contributed by atoms with E-state index in [-0.39, 0.29) is 35.6 Å². The normalized spacial score (nSPS) is 12.7. The van der Waals surface area contributed by atoms with Crippen molar-refractivity contribution in [2.24, 2.45) is 0 Å². The molecule has 0 saturated heterocycles. The van der Waals surface area contributed by atoms with E-state index in [4.69, 9.17) is 27.9 Å². The average molecular weight is 621 g/mol. The molecule has 2 atom stereocenters. The van der Waals surface area contributed by atoms with Crippen LogP contribution in [0.25, 0.3) is 0 Å². The smallest absolute Gasteiger partial charge is 0.244 e. The van der Waals surface area contributed by atoms with Gasteiger partial charge in [-0.25, -0.2) is 8.42 Å². The lowest BCUT2D eigenvalue weighted by Crippen LogP contribution is -2.54. The fourth-order valence-electron chi connectivity index (χ4n) is 4.23. The van der Waals surface area contributed by atoms with Gasteiger partial charge in [-0.3, -0.25) is 13.9 Å². The number of carbonyl (C=O) groups excluding carboxylic acids is 2. The molecule has 3 aromatic carbocycles. The van der Waals surface area contributed by atoms with Gasteiger partial charge >= 0.3 is 0 Å². The number of halogens is 2. The van der Waals surface area contributed by atoms with E-state index in [1.54, 1.807) is 24.3 Å². The van der Waals surface area contributed by atoms with Crippen molar-refractivity contribution in [3.8, 4) is 5.75 Å². The van der Waals surface area contributed by atoms with Crippen LogP contribution in [0.5, 0.6) is 5.75 Å². The molecule has 2 amide bonds. The van der Waals surface area contributed by atoms with Crippen LogP contribution < -0.4 is 14.4 Å². The van der Waals surface area contributed by atoms with Crippen molar-refractivity contribution in [2.75, 3.05) is 24.2 Å². The highest BCUT2D eigenvalue weighted by Gasteiger charge is 2.33. The Hall–Kier alpha value is -3.27. The molecule has 220 valence electrons. The molecule has 1 N–H and O–H groups in total. The predicted molar refractivity (Wildman–Crippen MR) is 164 cm³/mol. The minimum absolute atomic E-state index is 0.00902. The lowest BCUT2D eigenvalue weighted by atomic mass is 10.0. The first-order valence-corrected chi connectivity index (χ1v) is 15.7. The molecule has 0 bridgehead atoms. The monoisotopic (exact) mass is 619 g/mol. The number of sulfonamides is 1. The van der Waals surface area contributed by atoms with E-state index in [2.05, 4.69) is 5.32 Å². The third-order valence-electron chi connectivity index (χ3n) is 6.67. The fourth-order valence-corrected chi connectivity index (χ4v) is 5.52. The van der Waals surface area contributed by atoms with E-state index in [0.29, 0.717) is 22.8 Å². The number of carbonyl (C=O) groups is 2. The first-order valence-electron chi connectivity index (χ1n) is 13.1. The second-order valence-corrected chi connectivity index (χ2v) is 12.4. The Balaban J connectivity index is 2.08. The molecule has 41 heavy (non-hydrogen) atoms. The van der Waals surface area contributed by atoms with Gasteiger partial charge in [0.15, 0.2) is 0 Å². The SMILES string of the molecule is CC[C@H](C)NC(=O)[C@@H](Cc1ccccc1)N(Cc1ccccc1Cl)C(=O)CN(c1ccc(OC)c(Cl)c1)S(C)(=O)=O. The van der Waals surface area contributed by atoms with Crippen molar-refractivity contribution in [3.05, 3.63) is 94.0 Å². The third kappa shape index (κ3) is 8.86. The topological polar surface area (TPSA) is 96.0 Å². The molecule has 0 fully saturated rings. The summed E-state index contributed by atoms with van der Waals surface area (Å²) >= 11 is 12.8. The molecule has 0 aliphatic carbocycles. The summed E-state index contributed by atoms with van der Waals surface area (Å²) in [6.07, 6.45) is 1.92. The van der Waals surface area contributed by atoms with Gasteiger partial charge in [0.25, 0.3) is 0 Å². The average Bonchev–Trinajstić information content (AvgIpc) is 2.94. The summed E-state index contributed by atoms with van der Waals surface area (Å²) in [4.78, 5) is 29.2. The molecule has 0 heterocycles. The molecule has 8 nitrogen and oxygen atoms in total. The Morgan fingerprint density at radius 1 is 0.976 bits per heavy atom. The van der Waals surface area contributed by atoms with Crippen molar-refractivity contribution in [3.63, 3.8) is 0 Å². The van der Waals surface area contributed by atoms with Gasteiger partial charge in [0.2, 0.25) is 21.8 Å². The van der Waals surface area contributed by atoms with E-state index in [0.717, 1.165) is 16.1 Å². The number of hydrogen-bond donors (Lipinski definition) is 1. The molecule has 3 rings (SSSR count). The van der Waals surface area contributed by atoms with Crippen LogP contribution in [0.1, 0.15) is 31.4 Å². The van der Waals surface area contributed by atoms with Crippen LogP contribution in [0, 0.1) is 0 Å². The lowest BCUT2D eigenvalue weighted by molar-refractivity contribution is -0.140. The highest BCUT2D eigenvalue weighted by atomic mass is 35.5. The van der Waals surface area contributed by atoms with E-state index in [9.17, 15) is 18.0 Å².